The van der Waals surface area contributed by atoms with E-state index >= 15 is 0 Å². The number of carbonyl (C=O) groups excluding carboxylic acids is 2. The summed E-state index contributed by atoms with van der Waals surface area (Å²) in [4.78, 5) is 46.7. The second-order valence-corrected chi connectivity index (χ2v) is 13.2. The highest BCUT2D eigenvalue weighted by Crippen LogP contribution is 2.68. The summed E-state index contributed by atoms with van der Waals surface area (Å²) in [5, 5.41) is 0.842. The van der Waals surface area contributed by atoms with Crippen molar-refractivity contribution in [3.8, 4) is 0 Å². The topological polar surface area (TPSA) is 73.5 Å². The van der Waals surface area contributed by atoms with Crippen LogP contribution >= 0.6 is 23.1 Å². The summed E-state index contributed by atoms with van der Waals surface area (Å²) in [6.07, 6.45) is -3.86. The van der Waals surface area contributed by atoms with Crippen molar-refractivity contribution in [2.45, 2.75) is 28.8 Å². The van der Waals surface area contributed by atoms with E-state index in [-0.39, 0.29) is 39.5 Å². The van der Waals surface area contributed by atoms with Crippen LogP contribution in [0.2, 0.25) is 0 Å². The lowest BCUT2D eigenvalue weighted by atomic mass is 9.68. The maximum absolute atomic E-state index is 13.8. The number of hydrogen-bond donors (Lipinski definition) is 1. The predicted octanol–water partition coefficient (Wildman–Crippen LogP) is 5.20. The van der Waals surface area contributed by atoms with Crippen LogP contribution in [0.4, 0.5) is 24.5 Å². The fourth-order valence-corrected chi connectivity index (χ4v) is 10.3. The number of imide groups is 1. The standard InChI is InChI=1S/C28H24F3N3O3S2/c1-33(2)14-8-6-12(7-9-14)18-19-16-11-17(22(19)38-24-23(18)39-27(37)32-24)21-20(16)25(35)34(26(21)36)15-5-3-4-13(10-15)28(29,30)31/h3-10,16-22H,11H2,1-2H3,(H,32,37)/t16-,17-,18?,19?,20?,21?,22?/m1/s1. The molecule has 3 fully saturated rings. The molecule has 7 atom stereocenters. The van der Waals surface area contributed by atoms with Gasteiger partial charge in [-0.2, -0.15) is 13.2 Å². The molecule has 1 N–H and O–H groups in total. The monoisotopic (exact) mass is 571 g/mol. The van der Waals surface area contributed by atoms with Gasteiger partial charge in [-0.15, -0.1) is 11.8 Å². The van der Waals surface area contributed by atoms with Gasteiger partial charge in [-0.1, -0.05) is 29.5 Å². The highest BCUT2D eigenvalue weighted by atomic mass is 32.2. The molecule has 11 heteroatoms. The molecular formula is C28H24F3N3O3S2. The molecule has 0 spiro atoms. The number of amides is 2. The Labute approximate surface area is 230 Å². The van der Waals surface area contributed by atoms with Crippen LogP contribution in [0.3, 0.4) is 0 Å². The van der Waals surface area contributed by atoms with E-state index in [1.807, 2.05) is 31.1 Å². The number of aromatic amines is 1. The smallest absolute Gasteiger partial charge is 0.378 e. The van der Waals surface area contributed by atoms with E-state index in [1.165, 1.54) is 23.5 Å². The van der Waals surface area contributed by atoms with Gasteiger partial charge in [0.15, 0.2) is 0 Å². The fourth-order valence-electron chi connectivity index (χ4n) is 7.45. The number of thiazole rings is 1. The van der Waals surface area contributed by atoms with Gasteiger partial charge in [0.25, 0.3) is 0 Å². The maximum atomic E-state index is 13.8. The first-order valence-electron chi connectivity index (χ1n) is 12.8. The summed E-state index contributed by atoms with van der Waals surface area (Å²) in [5.74, 6) is -2.22. The molecule has 2 aliphatic heterocycles. The second kappa shape index (κ2) is 8.47. The van der Waals surface area contributed by atoms with Crippen molar-refractivity contribution >= 4 is 46.3 Å². The number of anilines is 2. The lowest BCUT2D eigenvalue weighted by Gasteiger charge is -2.43. The Morgan fingerprint density at radius 3 is 2.33 bits per heavy atom. The van der Waals surface area contributed by atoms with Gasteiger partial charge in [-0.25, -0.2) is 0 Å². The summed E-state index contributed by atoms with van der Waals surface area (Å²) < 4.78 is 40.2. The number of aromatic nitrogens is 1. The van der Waals surface area contributed by atoms with Crippen molar-refractivity contribution in [1.29, 1.82) is 0 Å². The first-order chi connectivity index (χ1) is 18.5. The van der Waals surface area contributed by atoms with E-state index in [0.717, 1.165) is 44.6 Å². The Kier molecular flexibility index (Phi) is 5.42. The molecule has 5 unspecified atom stereocenters. The normalized spacial score (nSPS) is 30.9. The van der Waals surface area contributed by atoms with Crippen molar-refractivity contribution in [3.63, 3.8) is 0 Å². The average molecular weight is 572 g/mol. The molecule has 202 valence electrons. The van der Waals surface area contributed by atoms with Crippen LogP contribution in [0.5, 0.6) is 0 Å². The number of benzene rings is 2. The van der Waals surface area contributed by atoms with E-state index in [1.54, 1.807) is 11.8 Å². The fraction of sp³-hybridized carbons (Fsp3) is 0.393. The summed E-state index contributed by atoms with van der Waals surface area (Å²) in [7, 11) is 3.93. The van der Waals surface area contributed by atoms with Gasteiger partial charge < -0.3 is 9.88 Å². The molecule has 1 aromatic heterocycles. The quantitative estimate of drug-likeness (QED) is 0.438. The lowest BCUT2D eigenvalue weighted by Crippen LogP contribution is -2.42. The number of alkyl halides is 3. The zero-order valence-electron chi connectivity index (χ0n) is 20.9. The number of rotatable bonds is 3. The number of halogens is 3. The van der Waals surface area contributed by atoms with E-state index < -0.39 is 35.4 Å². The number of nitrogens with one attached hydrogen (secondary N) is 1. The molecule has 7 rings (SSSR count). The van der Waals surface area contributed by atoms with Crippen LogP contribution in [-0.2, 0) is 15.8 Å². The molecule has 2 saturated carbocycles. The van der Waals surface area contributed by atoms with Crippen LogP contribution in [-0.4, -0.2) is 36.1 Å². The minimum absolute atomic E-state index is 0.0192. The first kappa shape index (κ1) is 25.0. The maximum Gasteiger partial charge on any atom is 0.416 e. The van der Waals surface area contributed by atoms with Crippen LogP contribution < -0.4 is 14.7 Å². The van der Waals surface area contributed by atoms with E-state index in [0.29, 0.717) is 0 Å². The van der Waals surface area contributed by atoms with Crippen molar-refractivity contribution in [3.05, 3.63) is 74.2 Å². The SMILES string of the molecule is CN(C)c1ccc(C2c3sc(=O)[nH]c3SC3C2[C@H]2C[C@@H]3C3C(=O)N(c4cccc(C(F)(F)F)c4)C(=O)C32)cc1. The van der Waals surface area contributed by atoms with E-state index in [2.05, 4.69) is 17.1 Å². The largest absolute Gasteiger partial charge is 0.416 e. The zero-order valence-corrected chi connectivity index (χ0v) is 22.6. The molecule has 2 bridgehead atoms. The molecule has 2 aliphatic carbocycles. The van der Waals surface area contributed by atoms with Crippen molar-refractivity contribution < 1.29 is 22.8 Å². The number of nitrogens with zero attached hydrogens (tertiary/aromatic N) is 2. The first-order valence-corrected chi connectivity index (χ1v) is 14.5. The molecule has 2 aromatic carbocycles. The highest BCUT2D eigenvalue weighted by molar-refractivity contribution is 8.00. The van der Waals surface area contributed by atoms with Crippen LogP contribution in [0.1, 0.15) is 28.3 Å². The Morgan fingerprint density at radius 2 is 1.67 bits per heavy atom. The van der Waals surface area contributed by atoms with Gasteiger partial charge in [0.05, 0.1) is 28.1 Å². The Bertz CT molecular complexity index is 1560. The van der Waals surface area contributed by atoms with Gasteiger partial charge in [-0.3, -0.25) is 19.3 Å². The third kappa shape index (κ3) is 3.58. The minimum Gasteiger partial charge on any atom is -0.378 e. The molecular weight excluding hydrogens is 547 g/mol. The molecule has 6 nitrogen and oxygen atoms in total. The second-order valence-electron chi connectivity index (χ2n) is 11.0. The van der Waals surface area contributed by atoms with Crippen LogP contribution in [0, 0.1) is 29.6 Å². The van der Waals surface area contributed by atoms with Gasteiger partial charge in [0.1, 0.15) is 0 Å². The average Bonchev–Trinajstić information content (AvgIpc) is 3.62. The van der Waals surface area contributed by atoms with Gasteiger partial charge in [0.2, 0.25) is 11.8 Å². The van der Waals surface area contributed by atoms with Crippen molar-refractivity contribution in [2.24, 2.45) is 29.6 Å². The van der Waals surface area contributed by atoms with Gasteiger partial charge in [-0.05, 0) is 60.1 Å². The molecule has 1 saturated heterocycles. The van der Waals surface area contributed by atoms with Gasteiger partial charge in [0, 0.05) is 35.8 Å². The van der Waals surface area contributed by atoms with E-state index in [9.17, 15) is 27.6 Å². The summed E-state index contributed by atoms with van der Waals surface area (Å²) >= 11 is 2.79. The molecule has 2 amide bonds. The Morgan fingerprint density at radius 1 is 0.974 bits per heavy atom. The number of H-pyrrole nitrogens is 1. The number of fused-ring (bicyclic) bond motifs is 9. The summed E-state index contributed by atoms with van der Waals surface area (Å²) in [6, 6.07) is 12.7. The van der Waals surface area contributed by atoms with Crippen LogP contribution in [0.25, 0.3) is 0 Å². The lowest BCUT2D eigenvalue weighted by molar-refractivity contribution is -0.137. The van der Waals surface area contributed by atoms with E-state index in [4.69, 9.17) is 0 Å². The van der Waals surface area contributed by atoms with Crippen molar-refractivity contribution in [2.75, 3.05) is 23.9 Å². The Balaban J connectivity index is 1.29. The van der Waals surface area contributed by atoms with Gasteiger partial charge >= 0.3 is 11.0 Å². The zero-order chi connectivity index (χ0) is 27.4. The summed E-state index contributed by atoms with van der Waals surface area (Å²) in [6.45, 7) is 0. The number of thioether (sulfide) groups is 1. The Hall–Kier alpha value is -3.05. The minimum atomic E-state index is -4.58. The molecule has 3 aromatic rings. The molecule has 4 aliphatic rings. The summed E-state index contributed by atoms with van der Waals surface area (Å²) in [5.41, 5.74) is 1.19. The molecule has 3 heterocycles. The molecule has 0 radical (unpaired) electrons. The third-order valence-corrected chi connectivity index (χ3v) is 11.5. The number of carbonyl (C=O) groups is 2. The third-order valence-electron chi connectivity index (χ3n) is 8.92. The van der Waals surface area contributed by atoms with Crippen LogP contribution in [0.15, 0.2) is 58.4 Å². The number of hydrogen-bond acceptors (Lipinski definition) is 6. The highest BCUT2D eigenvalue weighted by Gasteiger charge is 2.69. The molecule has 39 heavy (non-hydrogen) atoms. The van der Waals surface area contributed by atoms with Crippen molar-refractivity contribution in [1.82, 2.24) is 4.98 Å². The predicted molar refractivity (Wildman–Crippen MR) is 143 cm³/mol.